The van der Waals surface area contributed by atoms with E-state index >= 15 is 0 Å². The number of amides is 1. The van der Waals surface area contributed by atoms with Gasteiger partial charge in [0.05, 0.1) is 5.75 Å². The lowest BCUT2D eigenvalue weighted by Gasteiger charge is -2.10. The topological polar surface area (TPSA) is 72.2 Å². The number of benzene rings is 1. The number of carbonyl (C=O) groups is 1. The lowest BCUT2D eigenvalue weighted by atomic mass is 10.0. The molecule has 0 aliphatic heterocycles. The molecule has 154 valence electrons. The van der Waals surface area contributed by atoms with Crippen LogP contribution >= 0.6 is 11.8 Å². The fourth-order valence-corrected chi connectivity index (χ4v) is 3.86. The molecule has 1 amide bonds. The highest BCUT2D eigenvalue weighted by Gasteiger charge is 2.15. The van der Waals surface area contributed by atoms with Crippen molar-refractivity contribution in [3.05, 3.63) is 52.3 Å². The van der Waals surface area contributed by atoms with E-state index in [2.05, 4.69) is 72.3 Å². The molecule has 2 heterocycles. The summed E-state index contributed by atoms with van der Waals surface area (Å²) >= 11 is 1.34. The van der Waals surface area contributed by atoms with Crippen LogP contribution in [0.5, 0.6) is 0 Å². The Bertz CT molecular complexity index is 1010. The normalized spacial score (nSPS) is 11.4. The van der Waals surface area contributed by atoms with Crippen molar-refractivity contribution >= 4 is 23.4 Å². The van der Waals surface area contributed by atoms with Crippen LogP contribution < -0.4 is 5.32 Å². The van der Waals surface area contributed by atoms with Crippen LogP contribution in [0.1, 0.15) is 48.3 Å². The van der Waals surface area contributed by atoms with Crippen LogP contribution in [0, 0.1) is 26.7 Å². The number of fused-ring (bicyclic) bond motifs is 1. The third kappa shape index (κ3) is 5.56. The number of aromatic nitrogens is 4. The van der Waals surface area contributed by atoms with Crippen molar-refractivity contribution in [2.24, 2.45) is 5.92 Å². The molecule has 0 radical (unpaired) electrons. The monoisotopic (exact) mass is 411 g/mol. The number of hydrogen-bond donors (Lipinski definition) is 1. The van der Waals surface area contributed by atoms with Gasteiger partial charge < -0.3 is 5.32 Å². The minimum absolute atomic E-state index is 0.00973. The molecule has 0 fully saturated rings. The van der Waals surface area contributed by atoms with Crippen LogP contribution in [0.2, 0.25) is 0 Å². The Balaban J connectivity index is 1.73. The van der Waals surface area contributed by atoms with E-state index in [1.807, 2.05) is 6.92 Å². The van der Waals surface area contributed by atoms with Crippen LogP contribution in [-0.2, 0) is 11.2 Å². The van der Waals surface area contributed by atoms with Crippen molar-refractivity contribution in [3.8, 4) is 0 Å². The predicted molar refractivity (Wildman–Crippen MR) is 117 cm³/mol. The molecule has 0 aliphatic carbocycles. The summed E-state index contributed by atoms with van der Waals surface area (Å²) in [4.78, 5) is 21.2. The Kier molecular flexibility index (Phi) is 6.90. The van der Waals surface area contributed by atoms with E-state index in [-0.39, 0.29) is 5.91 Å². The third-order valence-electron chi connectivity index (χ3n) is 4.87. The zero-order valence-corrected chi connectivity index (χ0v) is 18.6. The van der Waals surface area contributed by atoms with Crippen molar-refractivity contribution < 1.29 is 4.79 Å². The summed E-state index contributed by atoms with van der Waals surface area (Å²) in [5.41, 5.74) is 5.67. The summed E-state index contributed by atoms with van der Waals surface area (Å²) in [7, 11) is 0. The molecule has 29 heavy (non-hydrogen) atoms. The highest BCUT2D eigenvalue weighted by atomic mass is 32.2. The maximum atomic E-state index is 12.0. The minimum Gasteiger partial charge on any atom is -0.355 e. The first-order chi connectivity index (χ1) is 13.8. The fraction of sp³-hybridized carbons (Fsp3) is 0.455. The molecule has 0 aliphatic rings. The van der Waals surface area contributed by atoms with E-state index in [1.54, 1.807) is 4.52 Å². The molecule has 0 bridgehead atoms. The van der Waals surface area contributed by atoms with Crippen LogP contribution in [0.15, 0.2) is 29.4 Å². The SMILES string of the molecule is Cc1cccc(Cc2c(C)nc3nc(SCC(=O)NCCC(C)C)nn3c2C)c1. The Morgan fingerprint density at radius 2 is 2.00 bits per heavy atom. The van der Waals surface area contributed by atoms with Gasteiger partial charge in [0, 0.05) is 24.4 Å². The van der Waals surface area contributed by atoms with E-state index in [1.165, 1.54) is 22.9 Å². The third-order valence-corrected chi connectivity index (χ3v) is 5.71. The van der Waals surface area contributed by atoms with Gasteiger partial charge in [0.1, 0.15) is 0 Å². The highest BCUT2D eigenvalue weighted by Crippen LogP contribution is 2.21. The van der Waals surface area contributed by atoms with E-state index in [4.69, 9.17) is 0 Å². The second-order valence-corrected chi connectivity index (χ2v) is 8.80. The summed E-state index contributed by atoms with van der Waals surface area (Å²) in [6, 6.07) is 8.52. The molecule has 0 unspecified atom stereocenters. The Hall–Kier alpha value is -2.41. The minimum atomic E-state index is 0.00973. The van der Waals surface area contributed by atoms with Crippen LogP contribution in [0.25, 0.3) is 5.78 Å². The van der Waals surface area contributed by atoms with Crippen LogP contribution in [-0.4, -0.2) is 37.8 Å². The van der Waals surface area contributed by atoms with Crippen LogP contribution in [0.3, 0.4) is 0 Å². The fourth-order valence-electron chi connectivity index (χ4n) is 3.21. The van der Waals surface area contributed by atoms with Gasteiger partial charge in [-0.2, -0.15) is 4.98 Å². The summed E-state index contributed by atoms with van der Waals surface area (Å²) in [5.74, 6) is 1.48. The predicted octanol–water partition coefficient (Wildman–Crippen LogP) is 3.89. The van der Waals surface area contributed by atoms with Gasteiger partial charge in [-0.3, -0.25) is 4.79 Å². The van der Waals surface area contributed by atoms with Gasteiger partial charge in [-0.25, -0.2) is 9.50 Å². The molecule has 2 aromatic heterocycles. The average Bonchev–Trinajstić information content (AvgIpc) is 3.06. The van der Waals surface area contributed by atoms with Gasteiger partial charge in [-0.05, 0) is 44.2 Å². The summed E-state index contributed by atoms with van der Waals surface area (Å²) in [5, 5.41) is 8.10. The van der Waals surface area contributed by atoms with Crippen molar-refractivity contribution in [3.63, 3.8) is 0 Å². The first-order valence-electron chi connectivity index (χ1n) is 10.0. The quantitative estimate of drug-likeness (QED) is 0.569. The van der Waals surface area contributed by atoms with Gasteiger partial charge in [0.15, 0.2) is 0 Å². The molecule has 7 heteroatoms. The first kappa shape index (κ1) is 21.3. The molecule has 0 spiro atoms. The summed E-state index contributed by atoms with van der Waals surface area (Å²) in [6.45, 7) is 11.2. The number of hydrogen-bond acceptors (Lipinski definition) is 5. The van der Waals surface area contributed by atoms with Gasteiger partial charge in [0.2, 0.25) is 11.1 Å². The molecule has 1 aromatic carbocycles. The molecular weight excluding hydrogens is 382 g/mol. The summed E-state index contributed by atoms with van der Waals surface area (Å²) < 4.78 is 1.79. The molecule has 1 N–H and O–H groups in total. The number of nitrogens with one attached hydrogen (secondary N) is 1. The van der Waals surface area contributed by atoms with E-state index in [9.17, 15) is 4.79 Å². The molecule has 0 saturated heterocycles. The Labute approximate surface area is 176 Å². The zero-order chi connectivity index (χ0) is 21.0. The maximum Gasteiger partial charge on any atom is 0.253 e. The average molecular weight is 412 g/mol. The highest BCUT2D eigenvalue weighted by molar-refractivity contribution is 7.99. The van der Waals surface area contributed by atoms with E-state index in [0.29, 0.717) is 29.1 Å². The van der Waals surface area contributed by atoms with Crippen molar-refractivity contribution in [2.45, 2.75) is 52.6 Å². The first-order valence-corrected chi connectivity index (χ1v) is 11.0. The summed E-state index contributed by atoms with van der Waals surface area (Å²) in [6.07, 6.45) is 1.79. The lowest BCUT2D eigenvalue weighted by Crippen LogP contribution is -2.26. The van der Waals surface area contributed by atoms with Gasteiger partial charge in [-0.15, -0.1) is 5.10 Å². The largest absolute Gasteiger partial charge is 0.355 e. The molecule has 0 atom stereocenters. The van der Waals surface area contributed by atoms with Gasteiger partial charge >= 0.3 is 0 Å². The number of thioether (sulfide) groups is 1. The van der Waals surface area contributed by atoms with Crippen molar-refractivity contribution in [1.29, 1.82) is 0 Å². The number of rotatable bonds is 8. The zero-order valence-electron chi connectivity index (χ0n) is 17.8. The smallest absolute Gasteiger partial charge is 0.253 e. The molecule has 0 saturated carbocycles. The molecule has 3 aromatic rings. The lowest BCUT2D eigenvalue weighted by molar-refractivity contribution is -0.118. The van der Waals surface area contributed by atoms with Crippen molar-refractivity contribution in [1.82, 2.24) is 24.9 Å². The molecular formula is C22H29N5OS. The van der Waals surface area contributed by atoms with Gasteiger partial charge in [0.25, 0.3) is 5.78 Å². The second kappa shape index (κ2) is 9.39. The van der Waals surface area contributed by atoms with E-state index < -0.39 is 0 Å². The maximum absolute atomic E-state index is 12.0. The molecule has 6 nitrogen and oxygen atoms in total. The Morgan fingerprint density at radius 3 is 2.72 bits per heavy atom. The number of carbonyl (C=O) groups excluding carboxylic acids is 1. The van der Waals surface area contributed by atoms with Crippen molar-refractivity contribution in [2.75, 3.05) is 12.3 Å². The number of nitrogens with zero attached hydrogens (tertiary/aromatic N) is 4. The van der Waals surface area contributed by atoms with Gasteiger partial charge in [-0.1, -0.05) is 55.4 Å². The molecule has 3 rings (SSSR count). The second-order valence-electron chi connectivity index (χ2n) is 7.85. The van der Waals surface area contributed by atoms with Crippen LogP contribution in [0.4, 0.5) is 0 Å². The van der Waals surface area contributed by atoms with E-state index in [0.717, 1.165) is 29.8 Å². The standard InChI is InChI=1S/C22H29N5OS/c1-14(2)9-10-23-20(28)13-29-22-25-21-24-16(4)19(17(5)27(21)26-22)12-18-8-6-7-15(3)11-18/h6-8,11,14H,9-10,12-13H2,1-5H3,(H,23,28). The Morgan fingerprint density at radius 1 is 1.21 bits per heavy atom. The number of aryl methyl sites for hydroxylation is 3.